The Kier molecular flexibility index (Phi) is 2.79. The highest BCUT2D eigenvalue weighted by molar-refractivity contribution is 5.10. The fourth-order valence-corrected chi connectivity index (χ4v) is 2.86. The Balaban J connectivity index is 1.83. The predicted molar refractivity (Wildman–Crippen MR) is 64.2 cm³/mol. The van der Waals surface area contributed by atoms with E-state index in [2.05, 4.69) is 27.0 Å². The van der Waals surface area contributed by atoms with Gasteiger partial charge in [-0.3, -0.25) is 0 Å². The van der Waals surface area contributed by atoms with Crippen LogP contribution in [-0.4, -0.2) is 16.1 Å². The monoisotopic (exact) mass is 217 g/mol. The van der Waals surface area contributed by atoms with Gasteiger partial charge in [0, 0.05) is 18.3 Å². The molecule has 3 rings (SSSR count). The normalized spacial score (nSPS) is 29.8. The number of hydrogen-bond donors (Lipinski definition) is 1. The van der Waals surface area contributed by atoms with Gasteiger partial charge in [0.2, 0.25) is 0 Å². The molecule has 1 aromatic rings. The van der Waals surface area contributed by atoms with Crippen molar-refractivity contribution in [2.24, 2.45) is 0 Å². The van der Waals surface area contributed by atoms with Gasteiger partial charge in [0.1, 0.15) is 0 Å². The van der Waals surface area contributed by atoms with E-state index < -0.39 is 0 Å². The second-order valence-electron chi connectivity index (χ2n) is 4.81. The molecule has 1 aliphatic heterocycles. The maximum absolute atomic E-state index is 4.34. The number of aromatic nitrogens is 2. The van der Waals surface area contributed by atoms with Gasteiger partial charge in [-0.25, -0.2) is 4.98 Å². The summed E-state index contributed by atoms with van der Waals surface area (Å²) >= 11 is 0. The average molecular weight is 217 g/mol. The van der Waals surface area contributed by atoms with E-state index in [0.29, 0.717) is 12.1 Å². The Morgan fingerprint density at radius 2 is 2.31 bits per heavy atom. The molecule has 1 aliphatic carbocycles. The van der Waals surface area contributed by atoms with Crippen molar-refractivity contribution in [2.75, 3.05) is 6.54 Å². The van der Waals surface area contributed by atoms with Crippen LogP contribution in [0.1, 0.15) is 49.9 Å². The average Bonchev–Trinajstić information content (AvgIpc) is 3.01. The lowest BCUT2D eigenvalue weighted by atomic mass is 10.0. The summed E-state index contributed by atoms with van der Waals surface area (Å²) in [5.41, 5.74) is 1.39. The van der Waals surface area contributed by atoms with Crippen molar-refractivity contribution in [3.05, 3.63) is 30.4 Å². The van der Waals surface area contributed by atoms with Crippen LogP contribution in [0.25, 0.3) is 0 Å². The van der Waals surface area contributed by atoms with Gasteiger partial charge >= 0.3 is 0 Å². The second-order valence-corrected chi connectivity index (χ2v) is 4.81. The first-order chi connectivity index (χ1) is 7.95. The summed E-state index contributed by atoms with van der Waals surface area (Å²) in [7, 11) is 0. The molecule has 1 saturated heterocycles. The van der Waals surface area contributed by atoms with Crippen molar-refractivity contribution in [2.45, 2.75) is 44.2 Å². The van der Waals surface area contributed by atoms with Crippen LogP contribution in [-0.2, 0) is 0 Å². The maximum Gasteiger partial charge on any atom is 0.0951 e. The second kappa shape index (κ2) is 4.42. The molecule has 0 aromatic carbocycles. The Labute approximate surface area is 96.6 Å². The summed E-state index contributed by atoms with van der Waals surface area (Å²) in [4.78, 5) is 4.34. The molecule has 2 unspecified atom stereocenters. The largest absolute Gasteiger partial charge is 0.330 e. The third-order valence-electron chi connectivity index (χ3n) is 3.75. The molecule has 0 bridgehead atoms. The molecular weight excluding hydrogens is 198 g/mol. The summed E-state index contributed by atoms with van der Waals surface area (Å²) in [5, 5.41) is 3.56. The van der Waals surface area contributed by atoms with Crippen molar-refractivity contribution in [3.8, 4) is 0 Å². The predicted octanol–water partition coefficient (Wildman–Crippen LogP) is 2.59. The van der Waals surface area contributed by atoms with E-state index in [0.717, 1.165) is 13.0 Å². The van der Waals surface area contributed by atoms with E-state index in [9.17, 15) is 0 Å². The van der Waals surface area contributed by atoms with E-state index in [1.807, 2.05) is 12.5 Å². The summed E-state index contributed by atoms with van der Waals surface area (Å²) in [5.74, 6) is 0. The molecule has 0 saturated carbocycles. The Morgan fingerprint density at radius 1 is 1.31 bits per heavy atom. The van der Waals surface area contributed by atoms with Crippen LogP contribution in [0, 0.1) is 0 Å². The lowest BCUT2D eigenvalue weighted by Gasteiger charge is -2.23. The number of hydrogen-bond acceptors (Lipinski definition) is 2. The zero-order chi connectivity index (χ0) is 10.8. The topological polar surface area (TPSA) is 29.9 Å². The minimum absolute atomic E-state index is 0.536. The molecular formula is C13H19N3. The quantitative estimate of drug-likeness (QED) is 0.772. The molecule has 0 spiro atoms. The van der Waals surface area contributed by atoms with Crippen molar-refractivity contribution in [1.29, 1.82) is 0 Å². The van der Waals surface area contributed by atoms with Crippen LogP contribution in [0.5, 0.6) is 0 Å². The maximum atomic E-state index is 4.34. The Hall–Kier alpha value is -1.09. The highest BCUT2D eigenvalue weighted by Crippen LogP contribution is 2.29. The van der Waals surface area contributed by atoms with Gasteiger partial charge in [0.05, 0.1) is 12.0 Å². The molecule has 2 atom stereocenters. The summed E-state index contributed by atoms with van der Waals surface area (Å²) in [6.45, 7) is 1.15. The zero-order valence-electron chi connectivity index (χ0n) is 9.60. The Bertz CT molecular complexity index is 374. The van der Waals surface area contributed by atoms with Gasteiger partial charge in [-0.1, -0.05) is 12.2 Å². The highest BCUT2D eigenvalue weighted by atomic mass is 15.1. The van der Waals surface area contributed by atoms with E-state index in [1.54, 1.807) is 0 Å². The molecule has 1 fully saturated rings. The van der Waals surface area contributed by atoms with E-state index in [-0.39, 0.29) is 0 Å². The lowest BCUT2D eigenvalue weighted by Crippen LogP contribution is -2.20. The molecule has 3 nitrogen and oxygen atoms in total. The molecule has 2 heterocycles. The molecule has 0 amide bonds. The summed E-state index contributed by atoms with van der Waals surface area (Å²) in [6, 6.07) is 1.17. The van der Waals surface area contributed by atoms with Crippen LogP contribution in [0.3, 0.4) is 0 Å². The van der Waals surface area contributed by atoms with Crippen LogP contribution in [0.4, 0.5) is 0 Å². The molecule has 3 heteroatoms. The van der Waals surface area contributed by atoms with E-state index >= 15 is 0 Å². The van der Waals surface area contributed by atoms with Crippen LogP contribution < -0.4 is 5.32 Å². The smallest absolute Gasteiger partial charge is 0.0951 e. The molecule has 1 aromatic heterocycles. The van der Waals surface area contributed by atoms with E-state index in [4.69, 9.17) is 0 Å². The molecule has 0 radical (unpaired) electrons. The van der Waals surface area contributed by atoms with Gasteiger partial charge in [-0.2, -0.15) is 0 Å². The highest BCUT2D eigenvalue weighted by Gasteiger charge is 2.23. The van der Waals surface area contributed by atoms with Crippen molar-refractivity contribution in [3.63, 3.8) is 0 Å². The Morgan fingerprint density at radius 3 is 3.06 bits per heavy atom. The number of imidazole rings is 1. The number of nitrogens with zero attached hydrogens (tertiary/aromatic N) is 2. The number of allylic oxidation sites excluding steroid dienone is 2. The van der Waals surface area contributed by atoms with Crippen LogP contribution in [0.15, 0.2) is 24.7 Å². The lowest BCUT2D eigenvalue weighted by molar-refractivity contribution is 0.430. The first-order valence-corrected chi connectivity index (χ1v) is 6.35. The third-order valence-corrected chi connectivity index (χ3v) is 3.75. The van der Waals surface area contributed by atoms with Gasteiger partial charge in [-0.05, 0) is 38.6 Å². The summed E-state index contributed by atoms with van der Waals surface area (Å²) in [6.07, 6.45) is 14.8. The standard InChI is InChI=1S/C13H19N3/c1-2-5-11(6-3-1)16-10-14-9-13(16)12-7-4-8-15-12/h1-2,9-12,15H,3-8H2. The summed E-state index contributed by atoms with van der Waals surface area (Å²) < 4.78 is 2.40. The van der Waals surface area contributed by atoms with E-state index in [1.165, 1.54) is 31.4 Å². The minimum Gasteiger partial charge on any atom is -0.330 e. The van der Waals surface area contributed by atoms with Crippen molar-refractivity contribution < 1.29 is 0 Å². The molecule has 2 aliphatic rings. The van der Waals surface area contributed by atoms with Crippen LogP contribution >= 0.6 is 0 Å². The van der Waals surface area contributed by atoms with Gasteiger partial charge < -0.3 is 9.88 Å². The fourth-order valence-electron chi connectivity index (χ4n) is 2.86. The third kappa shape index (κ3) is 1.80. The van der Waals surface area contributed by atoms with Crippen LogP contribution in [0.2, 0.25) is 0 Å². The first-order valence-electron chi connectivity index (χ1n) is 6.35. The number of rotatable bonds is 2. The fraction of sp³-hybridized carbons (Fsp3) is 0.615. The number of nitrogens with one attached hydrogen (secondary N) is 1. The minimum atomic E-state index is 0.536. The van der Waals surface area contributed by atoms with Crippen molar-refractivity contribution in [1.82, 2.24) is 14.9 Å². The molecule has 86 valence electrons. The first kappa shape index (κ1) is 10.1. The zero-order valence-corrected chi connectivity index (χ0v) is 9.60. The van der Waals surface area contributed by atoms with Gasteiger partial charge in [0.15, 0.2) is 0 Å². The van der Waals surface area contributed by atoms with Gasteiger partial charge in [0.25, 0.3) is 0 Å². The van der Waals surface area contributed by atoms with Gasteiger partial charge in [-0.15, -0.1) is 0 Å². The SMILES string of the molecule is C1=CCC(n2cncc2C2CCCN2)CC1. The molecule has 1 N–H and O–H groups in total. The molecule has 16 heavy (non-hydrogen) atoms. The van der Waals surface area contributed by atoms with Crippen molar-refractivity contribution >= 4 is 0 Å².